The second kappa shape index (κ2) is 16.7. The zero-order chi connectivity index (χ0) is 15.9. The van der Waals surface area contributed by atoms with Gasteiger partial charge in [0, 0.05) is 5.92 Å². The maximum Gasteiger partial charge on any atom is 0.0799 e. The maximum atomic E-state index is 2.33. The van der Waals surface area contributed by atoms with Gasteiger partial charge >= 0.3 is 0 Å². The molecule has 23 heavy (non-hydrogen) atoms. The number of likely N-dealkylation sites (tertiary alicyclic amines) is 1. The first-order valence-corrected chi connectivity index (χ1v) is 10.7. The molecule has 2 atom stereocenters. The van der Waals surface area contributed by atoms with E-state index in [-0.39, 0.29) is 4.70 Å². The van der Waals surface area contributed by atoms with Crippen LogP contribution in [0.25, 0.3) is 0 Å². The zero-order valence-electron chi connectivity index (χ0n) is 16.2. The third-order valence-corrected chi connectivity index (χ3v) is 5.57. The van der Waals surface area contributed by atoms with Crippen molar-refractivity contribution in [2.24, 2.45) is 5.92 Å². The van der Waals surface area contributed by atoms with Crippen LogP contribution in [0.5, 0.6) is 0 Å². The lowest BCUT2D eigenvalue weighted by Crippen LogP contribution is -3.13. The summed E-state index contributed by atoms with van der Waals surface area (Å²) in [5, 5.41) is 0. The molecule has 0 radical (unpaired) electrons. The van der Waals surface area contributed by atoms with E-state index in [1.54, 1.807) is 0 Å². The lowest BCUT2D eigenvalue weighted by molar-refractivity contribution is -0.909. The summed E-state index contributed by atoms with van der Waals surface area (Å²) in [5.74, 6) is 1.05. The standard InChI is InChI=1S/C21H43N.FH/c1-3-5-7-8-9-10-11-12-13-14-18-22-19-15-17-21(20-22)16-6-4-2;/h21H,3-20H2,1-2H3;1H. The molecule has 0 bridgehead atoms. The van der Waals surface area contributed by atoms with Gasteiger partial charge in [0.1, 0.15) is 0 Å². The van der Waals surface area contributed by atoms with Crippen molar-refractivity contribution in [3.8, 4) is 0 Å². The molecular weight excluding hydrogens is 285 g/mol. The van der Waals surface area contributed by atoms with Crippen molar-refractivity contribution in [3.05, 3.63) is 0 Å². The van der Waals surface area contributed by atoms with Gasteiger partial charge in [0.15, 0.2) is 0 Å². The zero-order valence-corrected chi connectivity index (χ0v) is 16.2. The molecule has 1 saturated heterocycles. The van der Waals surface area contributed by atoms with E-state index in [2.05, 4.69) is 13.8 Å². The van der Waals surface area contributed by atoms with Gasteiger partial charge in [-0.3, -0.25) is 0 Å². The van der Waals surface area contributed by atoms with Crippen LogP contribution in [0.4, 0.5) is 0 Å². The Bertz CT molecular complexity index is 232. The van der Waals surface area contributed by atoms with E-state index in [4.69, 9.17) is 0 Å². The molecule has 2 heteroatoms. The first-order valence-electron chi connectivity index (χ1n) is 10.7. The molecule has 0 aromatic heterocycles. The molecule has 1 nitrogen and oxygen atoms in total. The maximum absolute atomic E-state index is 2.33. The van der Waals surface area contributed by atoms with E-state index in [9.17, 15) is 0 Å². The highest BCUT2D eigenvalue weighted by Gasteiger charge is 2.21. The highest BCUT2D eigenvalue weighted by Crippen LogP contribution is 2.15. The van der Waals surface area contributed by atoms with Crippen molar-refractivity contribution in [2.75, 3.05) is 19.6 Å². The van der Waals surface area contributed by atoms with Crippen LogP contribution in [0.1, 0.15) is 110 Å². The summed E-state index contributed by atoms with van der Waals surface area (Å²) in [4.78, 5) is 1.92. The minimum Gasteiger partial charge on any atom is -1.00 e. The van der Waals surface area contributed by atoms with Gasteiger partial charge < -0.3 is 9.60 Å². The molecule has 1 fully saturated rings. The summed E-state index contributed by atoms with van der Waals surface area (Å²) in [7, 11) is 0. The smallest absolute Gasteiger partial charge is 0.0799 e. The Balaban J connectivity index is 0.00000484. The van der Waals surface area contributed by atoms with Crippen molar-refractivity contribution < 1.29 is 9.60 Å². The molecule has 2 unspecified atom stereocenters. The largest absolute Gasteiger partial charge is 1.00 e. The van der Waals surface area contributed by atoms with Gasteiger partial charge in [0.05, 0.1) is 19.6 Å². The molecule has 1 aliphatic rings. The van der Waals surface area contributed by atoms with Gasteiger partial charge in [0.2, 0.25) is 0 Å². The van der Waals surface area contributed by atoms with Crippen molar-refractivity contribution in [3.63, 3.8) is 0 Å². The average molecular weight is 330 g/mol. The average Bonchev–Trinajstić information content (AvgIpc) is 2.55. The number of unbranched alkanes of at least 4 members (excludes halogenated alkanes) is 10. The number of halogens is 1. The van der Waals surface area contributed by atoms with Crippen LogP contribution >= 0.6 is 0 Å². The van der Waals surface area contributed by atoms with E-state index in [0.29, 0.717) is 0 Å². The fourth-order valence-electron chi connectivity index (χ4n) is 4.08. The van der Waals surface area contributed by atoms with Gasteiger partial charge in [0.25, 0.3) is 0 Å². The van der Waals surface area contributed by atoms with Gasteiger partial charge in [-0.1, -0.05) is 78.1 Å². The lowest BCUT2D eigenvalue weighted by Gasteiger charge is -2.30. The number of quaternary nitrogens is 1. The van der Waals surface area contributed by atoms with Crippen LogP contribution < -0.4 is 9.60 Å². The van der Waals surface area contributed by atoms with Crippen LogP contribution in [0.15, 0.2) is 0 Å². The Labute approximate surface area is 146 Å². The molecule has 140 valence electrons. The molecule has 0 aromatic rings. The summed E-state index contributed by atoms with van der Waals surface area (Å²) < 4.78 is 0. The van der Waals surface area contributed by atoms with E-state index < -0.39 is 0 Å². The van der Waals surface area contributed by atoms with Gasteiger partial charge in [-0.05, 0) is 32.1 Å². The summed E-state index contributed by atoms with van der Waals surface area (Å²) in [6.45, 7) is 9.03. The second-order valence-corrected chi connectivity index (χ2v) is 7.79. The number of hydrogen-bond acceptors (Lipinski definition) is 0. The molecule has 0 saturated carbocycles. The first kappa shape index (κ1) is 22.9. The van der Waals surface area contributed by atoms with Crippen molar-refractivity contribution in [1.82, 2.24) is 0 Å². The third kappa shape index (κ3) is 12.9. The SMILES string of the molecule is CCCCCCCCCCCC[NH+]1CCCC(CCCC)C1.[F-]. The third-order valence-electron chi connectivity index (χ3n) is 5.57. The van der Waals surface area contributed by atoms with E-state index in [0.717, 1.165) is 5.92 Å². The Kier molecular flexibility index (Phi) is 16.7. The summed E-state index contributed by atoms with van der Waals surface area (Å²) in [6.07, 6.45) is 22.0. The predicted molar refractivity (Wildman–Crippen MR) is 99.7 cm³/mol. The number of rotatable bonds is 14. The molecule has 1 rings (SSSR count). The molecule has 1 heterocycles. The molecule has 1 N–H and O–H groups in total. The summed E-state index contributed by atoms with van der Waals surface area (Å²) in [6, 6.07) is 0. The Morgan fingerprint density at radius 1 is 0.739 bits per heavy atom. The molecule has 0 aliphatic carbocycles. The van der Waals surface area contributed by atoms with Crippen LogP contribution in [0.3, 0.4) is 0 Å². The number of piperidine rings is 1. The molecule has 0 spiro atoms. The van der Waals surface area contributed by atoms with E-state index in [1.807, 2.05) is 4.90 Å². The first-order chi connectivity index (χ1) is 10.9. The van der Waals surface area contributed by atoms with Crippen molar-refractivity contribution >= 4 is 0 Å². The molecule has 0 amide bonds. The molecule has 0 aromatic carbocycles. The lowest BCUT2D eigenvalue weighted by atomic mass is 9.92. The van der Waals surface area contributed by atoms with Crippen LogP contribution in [-0.4, -0.2) is 19.6 Å². The van der Waals surface area contributed by atoms with Crippen molar-refractivity contribution in [1.29, 1.82) is 0 Å². The van der Waals surface area contributed by atoms with E-state index in [1.165, 1.54) is 116 Å². The predicted octanol–water partition coefficient (Wildman–Crippen LogP) is 2.40. The van der Waals surface area contributed by atoms with Gasteiger partial charge in [-0.25, -0.2) is 0 Å². The number of nitrogens with one attached hydrogen (secondary N) is 1. The number of hydrogen-bond donors (Lipinski definition) is 1. The summed E-state index contributed by atoms with van der Waals surface area (Å²) in [5.41, 5.74) is 0. The minimum absolute atomic E-state index is 0. The highest BCUT2D eigenvalue weighted by molar-refractivity contribution is 4.62. The Hall–Kier alpha value is -0.110. The highest BCUT2D eigenvalue weighted by atomic mass is 19.0. The topological polar surface area (TPSA) is 4.44 Å². The summed E-state index contributed by atoms with van der Waals surface area (Å²) >= 11 is 0. The monoisotopic (exact) mass is 329 g/mol. The van der Waals surface area contributed by atoms with Crippen LogP contribution in [0, 0.1) is 5.92 Å². The van der Waals surface area contributed by atoms with E-state index >= 15 is 0 Å². The normalized spacial score (nSPS) is 21.1. The minimum atomic E-state index is 0. The van der Waals surface area contributed by atoms with Gasteiger partial charge in [-0.15, -0.1) is 0 Å². The molecular formula is C21H44FN. The molecule has 1 aliphatic heterocycles. The fourth-order valence-corrected chi connectivity index (χ4v) is 4.08. The fraction of sp³-hybridized carbons (Fsp3) is 1.00. The second-order valence-electron chi connectivity index (χ2n) is 7.79. The quantitative estimate of drug-likeness (QED) is 0.467. The Morgan fingerprint density at radius 3 is 1.91 bits per heavy atom. The Morgan fingerprint density at radius 2 is 1.30 bits per heavy atom. The van der Waals surface area contributed by atoms with Crippen LogP contribution in [-0.2, 0) is 0 Å². The van der Waals surface area contributed by atoms with Crippen molar-refractivity contribution in [2.45, 2.75) is 110 Å². The van der Waals surface area contributed by atoms with Crippen LogP contribution in [0.2, 0.25) is 0 Å². The van der Waals surface area contributed by atoms with Gasteiger partial charge in [-0.2, -0.15) is 0 Å².